The van der Waals surface area contributed by atoms with E-state index in [2.05, 4.69) is 9.40 Å². The Balaban J connectivity index is 3.15. The van der Waals surface area contributed by atoms with Gasteiger partial charge in [0.05, 0.1) is 0 Å². The van der Waals surface area contributed by atoms with Crippen molar-refractivity contribution in [3.63, 3.8) is 0 Å². The van der Waals surface area contributed by atoms with Crippen LogP contribution in [0.25, 0.3) is 0 Å². The Kier molecular flexibility index (Phi) is 1.50. The molecule has 0 radical (unpaired) electrons. The van der Waals surface area contributed by atoms with Gasteiger partial charge in [0.1, 0.15) is 0 Å². The van der Waals surface area contributed by atoms with Gasteiger partial charge in [-0.3, -0.25) is 0 Å². The van der Waals surface area contributed by atoms with Crippen molar-refractivity contribution in [2.45, 2.75) is 0 Å². The smallest absolute Gasteiger partial charge is 0.360 e. The van der Waals surface area contributed by atoms with Gasteiger partial charge in [0.25, 0.3) is 5.35 Å². The number of carbonyl (C=O) groups is 1. The van der Waals surface area contributed by atoms with Gasteiger partial charge in [-0.1, -0.05) is 0 Å². The Bertz CT molecular complexity index is 269. The Labute approximate surface area is 60.4 Å². The van der Waals surface area contributed by atoms with Crippen molar-refractivity contribution in [3.8, 4) is 0 Å². The van der Waals surface area contributed by atoms with Crippen molar-refractivity contribution in [3.05, 3.63) is 11.0 Å². The maximum Gasteiger partial charge on any atom is 0.360 e. The standard InChI is InChI=1S/C4H3ClN2O3/c5-4-7-1(3(8)9)2(6)10-4/h6H2,(H,8,9). The van der Waals surface area contributed by atoms with Crippen molar-refractivity contribution in [1.29, 1.82) is 0 Å². The highest BCUT2D eigenvalue weighted by Gasteiger charge is 2.14. The summed E-state index contributed by atoms with van der Waals surface area (Å²) < 4.78 is 4.43. The summed E-state index contributed by atoms with van der Waals surface area (Å²) in [6, 6.07) is 0. The molecule has 0 fully saturated rings. The molecule has 1 aromatic rings. The molecular weight excluding hydrogens is 160 g/mol. The summed E-state index contributed by atoms with van der Waals surface area (Å²) in [5.74, 6) is -1.54. The van der Waals surface area contributed by atoms with Crippen molar-refractivity contribution < 1.29 is 14.3 Å². The van der Waals surface area contributed by atoms with E-state index >= 15 is 0 Å². The average Bonchev–Trinajstić information content (AvgIpc) is 2.10. The molecule has 0 spiro atoms. The second-order valence-electron chi connectivity index (χ2n) is 1.48. The third-order valence-electron chi connectivity index (χ3n) is 0.830. The molecule has 1 rings (SSSR count). The van der Waals surface area contributed by atoms with Crippen molar-refractivity contribution in [1.82, 2.24) is 4.98 Å². The first-order valence-corrected chi connectivity index (χ1v) is 2.64. The number of carboxylic acids is 1. The number of oxazole rings is 1. The molecule has 0 aliphatic rings. The van der Waals surface area contributed by atoms with E-state index < -0.39 is 5.97 Å². The Hall–Kier alpha value is -1.23. The van der Waals surface area contributed by atoms with Crippen LogP contribution in [0.5, 0.6) is 0 Å². The summed E-state index contributed by atoms with van der Waals surface area (Å²) in [4.78, 5) is 13.5. The molecule has 1 heterocycles. The number of carboxylic acid groups (broad SMARTS) is 1. The van der Waals surface area contributed by atoms with E-state index in [1.807, 2.05) is 0 Å². The summed E-state index contributed by atoms with van der Waals surface area (Å²) in [5, 5.41) is 8.05. The number of anilines is 1. The van der Waals surface area contributed by atoms with Crippen LogP contribution >= 0.6 is 11.6 Å². The molecule has 54 valence electrons. The summed E-state index contributed by atoms with van der Waals surface area (Å²) in [6.45, 7) is 0. The molecule has 10 heavy (non-hydrogen) atoms. The van der Waals surface area contributed by atoms with Crippen LogP contribution in [0.3, 0.4) is 0 Å². The van der Waals surface area contributed by atoms with Gasteiger partial charge in [-0.15, -0.1) is 0 Å². The molecule has 0 aliphatic carbocycles. The largest absolute Gasteiger partial charge is 0.476 e. The zero-order chi connectivity index (χ0) is 7.72. The fraction of sp³-hybridized carbons (Fsp3) is 0. The zero-order valence-corrected chi connectivity index (χ0v) is 5.42. The van der Waals surface area contributed by atoms with E-state index in [0.717, 1.165) is 0 Å². The minimum atomic E-state index is -1.26. The van der Waals surface area contributed by atoms with Gasteiger partial charge < -0.3 is 15.3 Å². The highest BCUT2D eigenvalue weighted by atomic mass is 35.5. The lowest BCUT2D eigenvalue weighted by atomic mass is 10.5. The molecule has 0 aliphatic heterocycles. The van der Waals surface area contributed by atoms with Gasteiger partial charge in [0.15, 0.2) is 0 Å². The number of aromatic carboxylic acids is 1. The summed E-state index contributed by atoms with van der Waals surface area (Å²) in [5.41, 5.74) is 4.69. The lowest BCUT2D eigenvalue weighted by Gasteiger charge is -1.82. The number of nitrogens with two attached hydrogens (primary N) is 1. The van der Waals surface area contributed by atoms with Gasteiger partial charge in [-0.05, 0) is 11.6 Å². The molecular formula is C4H3ClN2O3. The monoisotopic (exact) mass is 162 g/mol. The van der Waals surface area contributed by atoms with E-state index in [-0.39, 0.29) is 16.9 Å². The number of aromatic nitrogens is 1. The number of rotatable bonds is 1. The van der Waals surface area contributed by atoms with Crippen molar-refractivity contribution in [2.75, 3.05) is 5.73 Å². The van der Waals surface area contributed by atoms with Gasteiger partial charge in [-0.2, -0.15) is 4.98 Å². The average molecular weight is 163 g/mol. The number of halogens is 1. The number of nitrogens with zero attached hydrogens (tertiary/aromatic N) is 1. The Morgan fingerprint density at radius 2 is 2.40 bits per heavy atom. The van der Waals surface area contributed by atoms with E-state index in [4.69, 9.17) is 22.4 Å². The summed E-state index contributed by atoms with van der Waals surface area (Å²) in [7, 11) is 0. The maximum atomic E-state index is 10.2. The molecule has 1 aromatic heterocycles. The van der Waals surface area contributed by atoms with Crippen LogP contribution in [0.2, 0.25) is 5.35 Å². The zero-order valence-electron chi connectivity index (χ0n) is 4.67. The molecule has 0 amide bonds. The van der Waals surface area contributed by atoms with Crippen LogP contribution in [0.1, 0.15) is 10.5 Å². The molecule has 0 bridgehead atoms. The van der Waals surface area contributed by atoms with Crippen LogP contribution in [-0.2, 0) is 0 Å². The first kappa shape index (κ1) is 6.88. The fourth-order valence-electron chi connectivity index (χ4n) is 0.458. The van der Waals surface area contributed by atoms with Crippen LogP contribution in [-0.4, -0.2) is 16.1 Å². The second-order valence-corrected chi connectivity index (χ2v) is 1.81. The molecule has 0 aromatic carbocycles. The maximum absolute atomic E-state index is 10.2. The van der Waals surface area contributed by atoms with E-state index in [1.165, 1.54) is 0 Å². The number of nitrogen functional groups attached to an aromatic ring is 1. The van der Waals surface area contributed by atoms with Crippen molar-refractivity contribution in [2.24, 2.45) is 0 Å². The number of hydrogen-bond acceptors (Lipinski definition) is 4. The van der Waals surface area contributed by atoms with Gasteiger partial charge in [0, 0.05) is 0 Å². The quantitative estimate of drug-likeness (QED) is 0.632. The highest BCUT2D eigenvalue weighted by Crippen LogP contribution is 2.16. The Morgan fingerprint density at radius 1 is 1.80 bits per heavy atom. The normalized spacial score (nSPS) is 9.70. The molecule has 0 saturated carbocycles. The van der Waals surface area contributed by atoms with Gasteiger partial charge in [-0.25, -0.2) is 4.79 Å². The lowest BCUT2D eigenvalue weighted by Crippen LogP contribution is -2.00. The molecule has 5 nitrogen and oxygen atoms in total. The topological polar surface area (TPSA) is 89.4 Å². The third-order valence-corrected chi connectivity index (χ3v) is 0.992. The minimum Gasteiger partial charge on any atom is -0.476 e. The lowest BCUT2D eigenvalue weighted by molar-refractivity contribution is 0.0692. The molecule has 3 N–H and O–H groups in total. The van der Waals surface area contributed by atoms with Crippen molar-refractivity contribution >= 4 is 23.5 Å². The highest BCUT2D eigenvalue weighted by molar-refractivity contribution is 6.28. The van der Waals surface area contributed by atoms with E-state index in [9.17, 15) is 4.79 Å². The Morgan fingerprint density at radius 3 is 2.60 bits per heavy atom. The predicted octanol–water partition coefficient (Wildman–Crippen LogP) is 0.608. The third kappa shape index (κ3) is 1.03. The fourth-order valence-corrected chi connectivity index (χ4v) is 0.626. The SMILES string of the molecule is Nc1oc(Cl)nc1C(=O)O. The van der Waals surface area contributed by atoms with E-state index in [0.29, 0.717) is 0 Å². The molecule has 0 unspecified atom stereocenters. The molecule has 0 atom stereocenters. The first-order chi connectivity index (χ1) is 4.61. The summed E-state index contributed by atoms with van der Waals surface area (Å²) in [6.07, 6.45) is 0. The van der Waals surface area contributed by atoms with Crippen LogP contribution in [0.4, 0.5) is 5.88 Å². The summed E-state index contributed by atoms with van der Waals surface area (Å²) >= 11 is 5.19. The van der Waals surface area contributed by atoms with Crippen LogP contribution in [0, 0.1) is 0 Å². The number of hydrogen-bond donors (Lipinski definition) is 2. The van der Waals surface area contributed by atoms with Gasteiger partial charge in [0.2, 0.25) is 11.6 Å². The van der Waals surface area contributed by atoms with Crippen LogP contribution in [0.15, 0.2) is 4.42 Å². The molecule has 6 heteroatoms. The second kappa shape index (κ2) is 2.18. The minimum absolute atomic E-state index is 0.269. The first-order valence-electron chi connectivity index (χ1n) is 2.26. The molecule has 0 saturated heterocycles. The van der Waals surface area contributed by atoms with E-state index in [1.54, 1.807) is 0 Å². The van der Waals surface area contributed by atoms with Crippen LogP contribution < -0.4 is 5.73 Å². The predicted molar refractivity (Wildman–Crippen MR) is 32.9 cm³/mol. The van der Waals surface area contributed by atoms with Gasteiger partial charge >= 0.3 is 5.97 Å².